The molecule has 0 N–H and O–H groups in total. The third kappa shape index (κ3) is 2.98. The highest BCUT2D eigenvalue weighted by molar-refractivity contribution is 5.71. The van der Waals surface area contributed by atoms with Crippen molar-refractivity contribution in [1.82, 2.24) is 5.06 Å². The van der Waals surface area contributed by atoms with Crippen molar-refractivity contribution in [3.05, 3.63) is 35.9 Å². The molecule has 3 rings (SSSR count). The molecule has 0 radical (unpaired) electrons. The molecular formula is C16H21NO2. The lowest BCUT2D eigenvalue weighted by atomic mass is 9.83. The van der Waals surface area contributed by atoms with Crippen LogP contribution in [-0.4, -0.2) is 17.1 Å². The summed E-state index contributed by atoms with van der Waals surface area (Å²) in [6, 6.07) is 10.5. The summed E-state index contributed by atoms with van der Waals surface area (Å²) >= 11 is 0. The Labute approximate surface area is 114 Å². The van der Waals surface area contributed by atoms with Crippen LogP contribution in [0, 0.1) is 5.92 Å². The van der Waals surface area contributed by atoms with E-state index in [4.69, 9.17) is 4.84 Å². The van der Waals surface area contributed by atoms with E-state index >= 15 is 0 Å². The van der Waals surface area contributed by atoms with Gasteiger partial charge in [0.1, 0.15) is 0 Å². The van der Waals surface area contributed by atoms with Crippen LogP contribution in [0.15, 0.2) is 30.3 Å². The Morgan fingerprint density at radius 2 is 1.84 bits per heavy atom. The van der Waals surface area contributed by atoms with Gasteiger partial charge in [-0.2, -0.15) is 0 Å². The van der Waals surface area contributed by atoms with Crippen LogP contribution in [0.3, 0.4) is 0 Å². The molecule has 0 spiro atoms. The minimum atomic E-state index is -0.0634. The zero-order valence-electron chi connectivity index (χ0n) is 11.3. The third-order valence-electron chi connectivity index (χ3n) is 4.34. The van der Waals surface area contributed by atoms with E-state index < -0.39 is 0 Å². The first kappa shape index (κ1) is 12.7. The number of nitrogens with zero attached hydrogens (tertiary/aromatic N) is 1. The Kier molecular flexibility index (Phi) is 3.83. The monoisotopic (exact) mass is 259 g/mol. The Bertz CT molecular complexity index is 426. The number of hydrogen-bond acceptors (Lipinski definition) is 3. The molecule has 1 heterocycles. The third-order valence-corrected chi connectivity index (χ3v) is 4.34. The van der Waals surface area contributed by atoms with E-state index in [2.05, 4.69) is 12.1 Å². The fourth-order valence-electron chi connectivity index (χ4n) is 3.34. The highest BCUT2D eigenvalue weighted by atomic mass is 16.7. The SMILES string of the molecule is O=C1C[C@@H](C2CCCCC2)N(Cc2ccccc2)O1. The fraction of sp³-hybridized carbons (Fsp3) is 0.562. The Morgan fingerprint density at radius 3 is 2.58 bits per heavy atom. The maximum atomic E-state index is 11.6. The first-order chi connectivity index (χ1) is 9.33. The van der Waals surface area contributed by atoms with E-state index in [1.54, 1.807) is 0 Å². The summed E-state index contributed by atoms with van der Waals surface area (Å²) in [6.07, 6.45) is 7.00. The van der Waals surface area contributed by atoms with Crippen molar-refractivity contribution in [3.63, 3.8) is 0 Å². The van der Waals surface area contributed by atoms with Crippen molar-refractivity contribution in [2.24, 2.45) is 5.92 Å². The summed E-state index contributed by atoms with van der Waals surface area (Å²) in [7, 11) is 0. The average Bonchev–Trinajstić information content (AvgIpc) is 2.82. The van der Waals surface area contributed by atoms with Gasteiger partial charge < -0.3 is 4.84 Å². The second-order valence-corrected chi connectivity index (χ2v) is 5.69. The number of benzene rings is 1. The molecule has 1 aliphatic heterocycles. The lowest BCUT2D eigenvalue weighted by Gasteiger charge is -2.31. The molecule has 19 heavy (non-hydrogen) atoms. The Hall–Kier alpha value is -1.35. The number of rotatable bonds is 3. The first-order valence-electron chi connectivity index (χ1n) is 7.34. The van der Waals surface area contributed by atoms with Gasteiger partial charge in [-0.1, -0.05) is 49.6 Å². The first-order valence-corrected chi connectivity index (χ1v) is 7.34. The van der Waals surface area contributed by atoms with E-state index in [1.807, 2.05) is 23.3 Å². The summed E-state index contributed by atoms with van der Waals surface area (Å²) in [5, 5.41) is 1.92. The minimum absolute atomic E-state index is 0.0634. The predicted octanol–water partition coefficient (Wildman–Crippen LogP) is 3.30. The van der Waals surface area contributed by atoms with Gasteiger partial charge in [-0.15, -0.1) is 5.06 Å². The van der Waals surface area contributed by atoms with Crippen molar-refractivity contribution in [2.75, 3.05) is 0 Å². The lowest BCUT2D eigenvalue weighted by molar-refractivity contribution is -0.181. The minimum Gasteiger partial charge on any atom is -0.367 e. The van der Waals surface area contributed by atoms with Gasteiger partial charge in [0.25, 0.3) is 0 Å². The molecule has 1 saturated heterocycles. The normalized spacial score (nSPS) is 25.5. The second kappa shape index (κ2) is 5.74. The van der Waals surface area contributed by atoms with Crippen LogP contribution in [-0.2, 0) is 16.2 Å². The number of carbonyl (C=O) groups excluding carboxylic acids is 1. The van der Waals surface area contributed by atoms with Crippen LogP contribution >= 0.6 is 0 Å². The summed E-state index contributed by atoms with van der Waals surface area (Å²) < 4.78 is 0. The standard InChI is InChI=1S/C16H21NO2/c18-16-11-15(14-9-5-2-6-10-14)17(19-16)12-13-7-3-1-4-8-13/h1,3-4,7-8,14-15H,2,5-6,9-12H2/t15-/m0/s1. The highest BCUT2D eigenvalue weighted by Crippen LogP contribution is 2.34. The second-order valence-electron chi connectivity index (χ2n) is 5.69. The molecule has 1 aromatic carbocycles. The van der Waals surface area contributed by atoms with Crippen molar-refractivity contribution >= 4 is 5.97 Å². The molecule has 0 amide bonds. The number of hydrogen-bond donors (Lipinski definition) is 0. The van der Waals surface area contributed by atoms with Crippen LogP contribution in [0.1, 0.15) is 44.1 Å². The molecular weight excluding hydrogens is 238 g/mol. The fourth-order valence-corrected chi connectivity index (χ4v) is 3.34. The Morgan fingerprint density at radius 1 is 1.11 bits per heavy atom. The van der Waals surface area contributed by atoms with Crippen LogP contribution in [0.5, 0.6) is 0 Å². The van der Waals surface area contributed by atoms with Gasteiger partial charge in [-0.05, 0) is 24.3 Å². The van der Waals surface area contributed by atoms with Crippen LogP contribution < -0.4 is 0 Å². The van der Waals surface area contributed by atoms with Crippen molar-refractivity contribution in [1.29, 1.82) is 0 Å². The smallest absolute Gasteiger partial charge is 0.326 e. The van der Waals surface area contributed by atoms with Gasteiger partial charge >= 0.3 is 5.97 Å². The zero-order valence-corrected chi connectivity index (χ0v) is 11.3. The van der Waals surface area contributed by atoms with Gasteiger partial charge in [0.05, 0.1) is 19.0 Å². The van der Waals surface area contributed by atoms with Crippen molar-refractivity contribution in [2.45, 2.75) is 51.1 Å². The van der Waals surface area contributed by atoms with Gasteiger partial charge in [-0.3, -0.25) is 4.79 Å². The molecule has 1 aliphatic carbocycles. The molecule has 1 atom stereocenters. The van der Waals surface area contributed by atoms with E-state index in [-0.39, 0.29) is 12.0 Å². The summed E-state index contributed by atoms with van der Waals surface area (Å²) in [5.74, 6) is 0.565. The molecule has 2 fully saturated rings. The molecule has 0 unspecified atom stereocenters. The highest BCUT2D eigenvalue weighted by Gasteiger charge is 2.38. The zero-order chi connectivity index (χ0) is 13.1. The summed E-state index contributed by atoms with van der Waals surface area (Å²) in [4.78, 5) is 17.1. The average molecular weight is 259 g/mol. The molecule has 1 saturated carbocycles. The van der Waals surface area contributed by atoms with Gasteiger partial charge in [0.15, 0.2) is 0 Å². The van der Waals surface area contributed by atoms with Gasteiger partial charge in [0, 0.05) is 0 Å². The maximum absolute atomic E-state index is 11.6. The molecule has 3 heteroatoms. The largest absolute Gasteiger partial charge is 0.367 e. The molecule has 102 valence electrons. The number of hydroxylamine groups is 2. The topological polar surface area (TPSA) is 29.5 Å². The van der Waals surface area contributed by atoms with E-state index in [0.29, 0.717) is 18.9 Å². The molecule has 1 aromatic rings. The molecule has 3 nitrogen and oxygen atoms in total. The van der Waals surface area contributed by atoms with Crippen LogP contribution in [0.4, 0.5) is 0 Å². The Balaban J connectivity index is 1.69. The molecule has 2 aliphatic rings. The van der Waals surface area contributed by atoms with Crippen molar-refractivity contribution < 1.29 is 9.63 Å². The molecule has 0 bridgehead atoms. The van der Waals surface area contributed by atoms with Crippen molar-refractivity contribution in [3.8, 4) is 0 Å². The summed E-state index contributed by atoms with van der Waals surface area (Å²) in [6.45, 7) is 0.716. The van der Waals surface area contributed by atoms with Crippen LogP contribution in [0.2, 0.25) is 0 Å². The lowest BCUT2D eigenvalue weighted by Crippen LogP contribution is -2.35. The number of carbonyl (C=O) groups is 1. The van der Waals surface area contributed by atoms with E-state index in [1.165, 1.54) is 37.7 Å². The van der Waals surface area contributed by atoms with Gasteiger partial charge in [-0.25, -0.2) is 0 Å². The summed E-state index contributed by atoms with van der Waals surface area (Å²) in [5.41, 5.74) is 1.21. The van der Waals surface area contributed by atoms with Crippen LogP contribution in [0.25, 0.3) is 0 Å². The predicted molar refractivity (Wildman–Crippen MR) is 73.1 cm³/mol. The molecule has 0 aromatic heterocycles. The quantitative estimate of drug-likeness (QED) is 0.834. The van der Waals surface area contributed by atoms with Gasteiger partial charge in [0.2, 0.25) is 0 Å². The maximum Gasteiger partial charge on any atom is 0.326 e. The van der Waals surface area contributed by atoms with E-state index in [0.717, 1.165) is 0 Å². The van der Waals surface area contributed by atoms with E-state index in [9.17, 15) is 4.79 Å².